The molecule has 1 spiro atoms. The molecule has 13 aliphatic rings. The van der Waals surface area contributed by atoms with Gasteiger partial charge in [-0.1, -0.05) is 130 Å². The van der Waals surface area contributed by atoms with Gasteiger partial charge in [0.15, 0.2) is 5.79 Å². The number of aromatic nitrogens is 13. The highest BCUT2D eigenvalue weighted by Gasteiger charge is 2.68. The molecule has 1 N–H and O–H groups in total. The Kier molecular flexibility index (Phi) is 27.6. The molecule has 34 heteroatoms. The molecule has 7 aromatic heterocycles. The summed E-state index contributed by atoms with van der Waals surface area (Å²) in [5, 5.41) is 51.1. The largest absolute Gasteiger partial charge is 0.477 e. The standard InChI is InChI=1S/2C19H25N3O3.C19H26N2O4.C18H25N3O2.C17H21N3O3.C17H24N2O3/c1-6-24-17(23)14-12-7-8-13-18(2,3)16-11(10-20-25-16)9-19(13,4)15(12)21-22(14)5;1-7-25-17(24)14-11-8-9-13-18(2,3)16(23)12(20-5)10-19(13,4)15(11)21-22(14)6;1-6-25-17(24)14-12-7-8-13-18(2,3)16(23)11(10-22)9-19(13,4)15(12)20-21(14)5;1-16(2)14-6-5-12-13(11-19)21(4)20-15(12)17(14,3)7-8-18(16)22-9-10-23-18;1-16(2)11-7-6-9-12(15(22)23)20(5)19-13(9)17(11,3)8-10(18-4)14(16)21;1-16(2)11-7-6-10-13(15(21)22-5)19(4)18-14(10)17(11,3)9-8-12(16)20/h10,13H,6-9H2,1-5H3;12-13H,7-10H2,1-4,6H3;10-11,13H,6-9H2,1-5H3;14H,5-10H2,1-4H3;10-11H,6-8H2,1-3,5H3,(H,22,23);11H,6-9H2,1-5H3/t13-,19-;12?,13-,19-;11?,13-,19-;14-,17-;10?,11-,17-;11-,17-/m000000/s1. The van der Waals surface area contributed by atoms with E-state index in [0.29, 0.717) is 118 Å². The van der Waals surface area contributed by atoms with Crippen molar-refractivity contribution in [2.45, 2.75) is 330 Å². The normalized spacial score (nSPS) is 30.4. The minimum absolute atomic E-state index is 0.00724. The number of hydrogen-bond acceptors (Lipinski definition) is 25. The highest BCUT2D eigenvalue weighted by Crippen LogP contribution is 2.66. The van der Waals surface area contributed by atoms with Gasteiger partial charge in [-0.25, -0.2) is 37.1 Å². The van der Waals surface area contributed by atoms with Crippen LogP contribution >= 0.6 is 0 Å². The summed E-state index contributed by atoms with van der Waals surface area (Å²) in [5.74, 6) is -0.552. The van der Waals surface area contributed by atoms with Crippen LogP contribution in [0.2, 0.25) is 0 Å². The fourth-order valence-electron chi connectivity index (χ4n) is 30.8. The lowest BCUT2D eigenvalue weighted by Crippen LogP contribution is -2.61. The predicted octanol–water partition coefficient (Wildman–Crippen LogP) is 15.2. The molecule has 34 nitrogen and oxygen atoms in total. The molecule has 770 valence electrons. The van der Waals surface area contributed by atoms with E-state index in [2.05, 4.69) is 117 Å². The van der Waals surface area contributed by atoms with Crippen LogP contribution in [0.4, 0.5) is 0 Å². The molecule has 3 unspecified atom stereocenters. The Morgan fingerprint density at radius 3 is 1.19 bits per heavy atom. The first-order valence-corrected chi connectivity index (χ1v) is 51.1. The molecule has 1 aliphatic heterocycles. The molecule has 143 heavy (non-hydrogen) atoms. The van der Waals surface area contributed by atoms with E-state index in [1.807, 2.05) is 75.7 Å². The minimum Gasteiger partial charge on any atom is -0.477 e. The van der Waals surface area contributed by atoms with Crippen LogP contribution in [0.5, 0.6) is 0 Å². The van der Waals surface area contributed by atoms with Crippen molar-refractivity contribution in [2.24, 2.45) is 111 Å². The molecule has 7 aromatic rings. The number of ether oxygens (including phenoxy) is 6. The van der Waals surface area contributed by atoms with Crippen molar-refractivity contribution < 1.29 is 86.0 Å². The van der Waals surface area contributed by atoms with Gasteiger partial charge in [-0.2, -0.15) is 35.9 Å². The second kappa shape index (κ2) is 37.2. The number of methoxy groups -OCH3 is 1. The summed E-state index contributed by atoms with van der Waals surface area (Å²) in [6.07, 6.45) is 18.0. The van der Waals surface area contributed by atoms with Gasteiger partial charge in [0.2, 0.25) is 11.6 Å². The number of nitriles is 1. The highest BCUT2D eigenvalue weighted by atomic mass is 16.7. The first-order valence-electron chi connectivity index (χ1n) is 51.1. The second-order valence-corrected chi connectivity index (χ2v) is 47.2. The van der Waals surface area contributed by atoms with E-state index in [1.165, 1.54) is 11.8 Å². The molecule has 0 amide bonds. The van der Waals surface area contributed by atoms with E-state index in [1.54, 1.807) is 65.4 Å². The molecule has 0 radical (unpaired) electrons. The molecule has 6 fully saturated rings. The quantitative estimate of drug-likeness (QED) is 0.0461. The molecular formula is C109H146N16O18. The van der Waals surface area contributed by atoms with Gasteiger partial charge >= 0.3 is 29.8 Å². The van der Waals surface area contributed by atoms with Gasteiger partial charge < -0.3 is 52.5 Å². The molecule has 5 saturated carbocycles. The number of nitrogens with zero attached hydrogens (tertiary/aromatic N) is 16. The van der Waals surface area contributed by atoms with Crippen LogP contribution in [0.3, 0.4) is 0 Å². The van der Waals surface area contributed by atoms with Crippen molar-refractivity contribution in [3.05, 3.63) is 142 Å². The molecule has 0 bridgehead atoms. The summed E-state index contributed by atoms with van der Waals surface area (Å²) in [6.45, 7) is 60.5. The van der Waals surface area contributed by atoms with Crippen molar-refractivity contribution in [1.29, 1.82) is 5.26 Å². The number of aromatic carboxylic acids is 1. The van der Waals surface area contributed by atoms with Crippen molar-refractivity contribution in [3.8, 4) is 6.07 Å². The lowest BCUT2D eigenvalue weighted by Gasteiger charge is -2.59. The summed E-state index contributed by atoms with van der Waals surface area (Å²) < 4.78 is 48.2. The van der Waals surface area contributed by atoms with Crippen molar-refractivity contribution >= 4 is 59.3 Å². The van der Waals surface area contributed by atoms with E-state index in [4.69, 9.17) is 56.3 Å². The van der Waals surface area contributed by atoms with Gasteiger partial charge in [-0.05, 0) is 159 Å². The second-order valence-electron chi connectivity index (χ2n) is 47.2. The molecule has 1 saturated heterocycles. The summed E-state index contributed by atoms with van der Waals surface area (Å²) in [4.78, 5) is 130. The van der Waals surface area contributed by atoms with Crippen LogP contribution in [0, 0.1) is 93.0 Å². The number of aldehydes is 1. The Morgan fingerprint density at radius 2 is 0.790 bits per heavy atom. The van der Waals surface area contributed by atoms with E-state index >= 15 is 0 Å². The monoisotopic (exact) mass is 1970 g/mol. The molecule has 12 aliphatic carbocycles. The van der Waals surface area contributed by atoms with E-state index in [0.717, 1.165) is 174 Å². The van der Waals surface area contributed by atoms with Crippen LogP contribution in [-0.4, -0.2) is 186 Å². The zero-order valence-corrected chi connectivity index (χ0v) is 89.1. The van der Waals surface area contributed by atoms with Crippen molar-refractivity contribution in [1.82, 2.24) is 63.8 Å². The summed E-state index contributed by atoms with van der Waals surface area (Å²) in [5.41, 5.74) is 12.0. The number of carbonyl (C=O) groups is 10. The SMILES string of the molecule is CCOC(=O)c1c2c(nn1C)[C@@]1(C)CC(C=O)C(=O)C(C)(C)[C@@H]1CC2.CCOC(=O)c1c2c(nn1C)[C@@]1(C)Cc3cnoc3C(C)(C)[C@@H]1CC2.COC(=O)c1c2c(nn1C)[C@@]1(C)CCC(=O)C(C)(C)[C@@H]1CC2.Cn1nc2c(c1C#N)CC[C@H]1C(C)(C)C3(CC[C@]21C)OCCO3.[C-]#[N+]C1C[C@]2(C)c3nn(C)c(C(=O)O)c3CC[C@H]2C(C)(C)C1=O.[C-]#[N+]C1C[C@]2(C)c3nn(C)c(C(=O)OCC)c3CC[C@H]2C(C)(C)C1=O. The Labute approximate surface area is 838 Å². The van der Waals surface area contributed by atoms with Crippen LogP contribution < -0.4 is 0 Å². The predicted molar refractivity (Wildman–Crippen MR) is 525 cm³/mol. The van der Waals surface area contributed by atoms with E-state index in [-0.39, 0.29) is 108 Å². The number of carboxylic acids is 1. The van der Waals surface area contributed by atoms with Crippen molar-refractivity contribution in [2.75, 3.05) is 40.1 Å². The van der Waals surface area contributed by atoms with Gasteiger partial charge in [0.05, 0.1) is 86.4 Å². The number of carbonyl (C=O) groups excluding carboxylic acids is 9. The van der Waals surface area contributed by atoms with Crippen molar-refractivity contribution in [3.63, 3.8) is 0 Å². The third-order valence-corrected chi connectivity index (χ3v) is 37.4. The highest BCUT2D eigenvalue weighted by molar-refractivity contribution is 5.99. The molecule has 8 heterocycles. The number of Topliss-reactive ketones (excluding diaryl/α,β-unsaturated/α-hetero) is 4. The number of ketones is 4. The van der Waals surface area contributed by atoms with Crippen LogP contribution in [0.15, 0.2) is 10.7 Å². The Bertz CT molecular complexity index is 6460. The van der Waals surface area contributed by atoms with Crippen LogP contribution in [0.25, 0.3) is 9.69 Å². The van der Waals surface area contributed by atoms with Gasteiger partial charge in [-0.3, -0.25) is 47.3 Å². The maximum atomic E-state index is 12.7. The molecule has 20 rings (SSSR count). The topological polar surface area (TPSA) is 412 Å². The van der Waals surface area contributed by atoms with Gasteiger partial charge in [0.1, 0.15) is 63.8 Å². The zero-order chi connectivity index (χ0) is 105. The van der Waals surface area contributed by atoms with Gasteiger partial charge in [0.25, 0.3) is 12.1 Å². The number of esters is 4. The first kappa shape index (κ1) is 106. The summed E-state index contributed by atoms with van der Waals surface area (Å²) in [6, 6.07) is 1.02. The Balaban J connectivity index is 0.000000129. The lowest BCUT2D eigenvalue weighted by molar-refractivity contribution is -0.276. The maximum Gasteiger partial charge on any atom is 0.356 e. The average molecular weight is 1970 g/mol. The third-order valence-electron chi connectivity index (χ3n) is 37.4. The Morgan fingerprint density at radius 1 is 0.448 bits per heavy atom. The summed E-state index contributed by atoms with van der Waals surface area (Å²) >= 11 is 0. The number of fused-ring (bicyclic) bond motifs is 19. The van der Waals surface area contributed by atoms with Crippen LogP contribution in [0.1, 0.15) is 366 Å². The molecule has 15 atom stereocenters. The van der Waals surface area contributed by atoms with Gasteiger partial charge in [0, 0.05) is 172 Å². The van der Waals surface area contributed by atoms with E-state index < -0.39 is 56.8 Å². The zero-order valence-electron chi connectivity index (χ0n) is 89.1. The number of carboxylic acid groups (broad SMARTS) is 1. The maximum absolute atomic E-state index is 12.7. The minimum atomic E-state index is -0.976. The number of rotatable bonds is 9. The fourth-order valence-corrected chi connectivity index (χ4v) is 30.8. The molecular weight excluding hydrogens is 1820 g/mol. The average Bonchev–Trinajstić information content (AvgIpc) is 1.67. The van der Waals surface area contributed by atoms with E-state index in [9.17, 15) is 58.3 Å². The summed E-state index contributed by atoms with van der Waals surface area (Å²) in [7, 11) is 12.1. The fraction of sp³-hybridized carbons (Fsp3) is 0.688. The van der Waals surface area contributed by atoms with Gasteiger partial charge in [-0.15, -0.1) is 0 Å². The third kappa shape index (κ3) is 16.2. The lowest BCUT2D eigenvalue weighted by atomic mass is 9.49. The molecule has 0 aromatic carbocycles. The smallest absolute Gasteiger partial charge is 0.356 e. The number of hydrogen-bond donors (Lipinski definition) is 1. The number of aryl methyl sites for hydroxylation is 6. The first-order chi connectivity index (χ1) is 66.9. The Hall–Kier alpha value is -11.4. The van der Waals surface area contributed by atoms with Crippen LogP contribution in [-0.2, 0) is 178 Å².